The maximum atomic E-state index is 11.6. The average molecular weight is 213 g/mol. The van der Waals surface area contributed by atoms with Crippen LogP contribution in [0.3, 0.4) is 0 Å². The van der Waals surface area contributed by atoms with Gasteiger partial charge in [0.2, 0.25) is 0 Å². The first-order valence-electron chi connectivity index (χ1n) is 4.21. The lowest BCUT2D eigenvalue weighted by molar-refractivity contribution is 0.0954. The molecule has 1 unspecified atom stereocenters. The molecule has 1 aromatic rings. The van der Waals surface area contributed by atoms with Gasteiger partial charge in [0.25, 0.3) is 0 Å². The lowest BCUT2D eigenvalue weighted by Gasteiger charge is -2.03. The van der Waals surface area contributed by atoms with Crippen molar-refractivity contribution in [2.45, 2.75) is 6.10 Å². The van der Waals surface area contributed by atoms with Crippen molar-refractivity contribution in [3.63, 3.8) is 0 Å². The second kappa shape index (κ2) is 3.59. The Bertz CT molecular complexity index is 372. The van der Waals surface area contributed by atoms with Crippen LogP contribution < -0.4 is 4.74 Å². The zero-order chi connectivity index (χ0) is 10.1. The monoisotopic (exact) mass is 212 g/mol. The SMILES string of the molecule is COc1ccc(C(=O)C2CO2)c(Cl)c1. The number of ketones is 1. The highest BCUT2D eigenvalue weighted by atomic mass is 35.5. The zero-order valence-corrected chi connectivity index (χ0v) is 8.38. The normalized spacial score (nSPS) is 19.1. The van der Waals surface area contributed by atoms with Crippen molar-refractivity contribution in [1.29, 1.82) is 0 Å². The van der Waals surface area contributed by atoms with Crippen LogP contribution in [0.4, 0.5) is 0 Å². The lowest BCUT2D eigenvalue weighted by Crippen LogP contribution is -2.07. The molecule has 4 heteroatoms. The number of hydrogen-bond donors (Lipinski definition) is 0. The van der Waals surface area contributed by atoms with Gasteiger partial charge < -0.3 is 9.47 Å². The quantitative estimate of drug-likeness (QED) is 0.568. The maximum Gasteiger partial charge on any atom is 0.195 e. The minimum absolute atomic E-state index is 0.0577. The van der Waals surface area contributed by atoms with Crippen molar-refractivity contribution in [3.05, 3.63) is 28.8 Å². The summed E-state index contributed by atoms with van der Waals surface area (Å²) in [5, 5.41) is 0.407. The van der Waals surface area contributed by atoms with Crippen molar-refractivity contribution in [3.8, 4) is 5.75 Å². The molecule has 2 rings (SSSR count). The van der Waals surface area contributed by atoms with Gasteiger partial charge in [-0.2, -0.15) is 0 Å². The summed E-state index contributed by atoms with van der Waals surface area (Å²) >= 11 is 5.92. The van der Waals surface area contributed by atoms with Gasteiger partial charge in [0.05, 0.1) is 18.7 Å². The highest BCUT2D eigenvalue weighted by Crippen LogP contribution is 2.26. The van der Waals surface area contributed by atoms with Gasteiger partial charge in [0.1, 0.15) is 11.9 Å². The summed E-state index contributed by atoms with van der Waals surface area (Å²) in [5.74, 6) is 0.584. The number of hydrogen-bond acceptors (Lipinski definition) is 3. The third kappa shape index (κ3) is 1.74. The van der Waals surface area contributed by atoms with E-state index in [4.69, 9.17) is 21.1 Å². The summed E-state index contributed by atoms with van der Waals surface area (Å²) in [6.45, 7) is 0.501. The minimum atomic E-state index is -0.291. The van der Waals surface area contributed by atoms with Gasteiger partial charge in [-0.15, -0.1) is 0 Å². The molecule has 1 fully saturated rings. The predicted octanol–water partition coefficient (Wildman–Crippen LogP) is 1.93. The highest BCUT2D eigenvalue weighted by molar-refractivity contribution is 6.34. The fourth-order valence-electron chi connectivity index (χ4n) is 1.20. The Morgan fingerprint density at radius 1 is 1.64 bits per heavy atom. The molecular formula is C10H9ClO3. The number of Topliss-reactive ketones (excluding diaryl/α,β-unsaturated/α-hetero) is 1. The molecule has 0 bridgehead atoms. The van der Waals surface area contributed by atoms with Crippen LogP contribution in [-0.4, -0.2) is 25.6 Å². The molecule has 1 aliphatic heterocycles. The number of benzene rings is 1. The number of ether oxygens (including phenoxy) is 2. The molecule has 0 N–H and O–H groups in total. The second-order valence-electron chi connectivity index (χ2n) is 3.03. The lowest BCUT2D eigenvalue weighted by atomic mass is 10.1. The number of halogens is 1. The Kier molecular flexibility index (Phi) is 2.44. The molecule has 1 heterocycles. The summed E-state index contributed by atoms with van der Waals surface area (Å²) in [6, 6.07) is 4.99. The van der Waals surface area contributed by atoms with E-state index in [0.717, 1.165) is 0 Å². The van der Waals surface area contributed by atoms with E-state index in [1.807, 2.05) is 0 Å². The fraction of sp³-hybridized carbons (Fsp3) is 0.300. The summed E-state index contributed by atoms with van der Waals surface area (Å²) < 4.78 is 9.88. The molecule has 1 saturated heterocycles. The second-order valence-corrected chi connectivity index (χ2v) is 3.44. The molecule has 0 radical (unpaired) electrons. The number of epoxide rings is 1. The van der Waals surface area contributed by atoms with E-state index in [2.05, 4.69) is 0 Å². The smallest absolute Gasteiger partial charge is 0.195 e. The molecular weight excluding hydrogens is 204 g/mol. The van der Waals surface area contributed by atoms with Gasteiger partial charge in [-0.25, -0.2) is 0 Å². The first-order valence-corrected chi connectivity index (χ1v) is 4.59. The third-order valence-corrected chi connectivity index (χ3v) is 2.38. The highest BCUT2D eigenvalue weighted by Gasteiger charge is 2.33. The van der Waals surface area contributed by atoms with Crippen molar-refractivity contribution in [2.75, 3.05) is 13.7 Å². The van der Waals surface area contributed by atoms with E-state index in [-0.39, 0.29) is 11.9 Å². The summed E-state index contributed by atoms with van der Waals surface area (Å²) in [6.07, 6.45) is -0.291. The Balaban J connectivity index is 2.29. The standard InChI is InChI=1S/C10H9ClO3/c1-13-6-2-3-7(8(11)4-6)10(12)9-5-14-9/h2-4,9H,5H2,1H3. The van der Waals surface area contributed by atoms with Crippen LogP contribution in [0.5, 0.6) is 5.75 Å². The van der Waals surface area contributed by atoms with E-state index < -0.39 is 0 Å². The minimum Gasteiger partial charge on any atom is -0.497 e. The number of carbonyl (C=O) groups is 1. The van der Waals surface area contributed by atoms with Crippen LogP contribution in [-0.2, 0) is 4.74 Å². The predicted molar refractivity (Wildman–Crippen MR) is 52.1 cm³/mol. The fourth-order valence-corrected chi connectivity index (χ4v) is 1.46. The van der Waals surface area contributed by atoms with E-state index in [1.165, 1.54) is 0 Å². The van der Waals surface area contributed by atoms with Gasteiger partial charge in [-0.05, 0) is 18.2 Å². The molecule has 3 nitrogen and oxygen atoms in total. The van der Waals surface area contributed by atoms with Crippen LogP contribution in [0.15, 0.2) is 18.2 Å². The van der Waals surface area contributed by atoms with Gasteiger partial charge in [0, 0.05) is 5.56 Å². The van der Waals surface area contributed by atoms with Crippen molar-refractivity contribution in [1.82, 2.24) is 0 Å². The molecule has 74 valence electrons. The first-order chi connectivity index (χ1) is 6.72. The maximum absolute atomic E-state index is 11.6. The first kappa shape index (κ1) is 9.49. The Morgan fingerprint density at radius 2 is 2.36 bits per heavy atom. The van der Waals surface area contributed by atoms with Gasteiger partial charge >= 0.3 is 0 Å². The van der Waals surface area contributed by atoms with E-state index in [0.29, 0.717) is 22.9 Å². The van der Waals surface area contributed by atoms with Crippen LogP contribution in [0.2, 0.25) is 5.02 Å². The zero-order valence-electron chi connectivity index (χ0n) is 7.62. The molecule has 0 saturated carbocycles. The van der Waals surface area contributed by atoms with E-state index in [9.17, 15) is 4.79 Å². The van der Waals surface area contributed by atoms with E-state index in [1.54, 1.807) is 25.3 Å². The molecule has 1 atom stereocenters. The summed E-state index contributed by atoms with van der Waals surface area (Å²) in [5.41, 5.74) is 0.495. The van der Waals surface area contributed by atoms with Crippen molar-refractivity contribution >= 4 is 17.4 Å². The van der Waals surface area contributed by atoms with Gasteiger partial charge in [0.15, 0.2) is 5.78 Å². The topological polar surface area (TPSA) is 38.8 Å². The molecule has 0 spiro atoms. The molecule has 0 amide bonds. The Labute approximate surface area is 86.6 Å². The van der Waals surface area contributed by atoms with Crippen molar-refractivity contribution < 1.29 is 14.3 Å². The number of methoxy groups -OCH3 is 1. The molecule has 1 aromatic carbocycles. The Morgan fingerprint density at radius 3 is 2.86 bits per heavy atom. The average Bonchev–Trinajstić information content (AvgIpc) is 3.00. The third-order valence-electron chi connectivity index (χ3n) is 2.07. The van der Waals surface area contributed by atoms with Crippen LogP contribution in [0.1, 0.15) is 10.4 Å². The van der Waals surface area contributed by atoms with Crippen LogP contribution in [0, 0.1) is 0 Å². The number of rotatable bonds is 3. The molecule has 0 aromatic heterocycles. The van der Waals surface area contributed by atoms with E-state index >= 15 is 0 Å². The van der Waals surface area contributed by atoms with Gasteiger partial charge in [-0.1, -0.05) is 11.6 Å². The molecule has 0 aliphatic carbocycles. The van der Waals surface area contributed by atoms with Crippen LogP contribution >= 0.6 is 11.6 Å². The van der Waals surface area contributed by atoms with Gasteiger partial charge in [-0.3, -0.25) is 4.79 Å². The van der Waals surface area contributed by atoms with Crippen LogP contribution in [0.25, 0.3) is 0 Å². The summed E-state index contributed by atoms with van der Waals surface area (Å²) in [7, 11) is 1.55. The Hall–Kier alpha value is -1.06. The van der Waals surface area contributed by atoms with Crippen molar-refractivity contribution in [2.24, 2.45) is 0 Å². The summed E-state index contributed by atoms with van der Waals surface area (Å²) in [4.78, 5) is 11.6. The largest absolute Gasteiger partial charge is 0.497 e. The molecule has 14 heavy (non-hydrogen) atoms. The number of carbonyl (C=O) groups excluding carboxylic acids is 1. The molecule has 1 aliphatic rings.